The highest BCUT2D eigenvalue weighted by Crippen LogP contribution is 2.50. The standard InChI is InChI=1S/C55H104O4/c1-9-11-13-15-17-19-21-23-25-27-29-31-33-35-37-39-41-51(58)54(46-56,47-57)55(59,49-43-42-48(52(3,4)5)45-50(49)53(6,7)8)44-40-38-36-34-32-30-28-26-24-22-20-18-16-14-12-10-2/h42-43,45,51,56-59H,9-41,44,46-47H2,1-8H3. The van der Waals surface area contributed by atoms with E-state index in [1.54, 1.807) is 0 Å². The van der Waals surface area contributed by atoms with Crippen LogP contribution in [0.5, 0.6) is 0 Å². The molecule has 0 radical (unpaired) electrons. The van der Waals surface area contributed by atoms with E-state index >= 15 is 0 Å². The molecule has 1 aromatic rings. The van der Waals surface area contributed by atoms with Crippen LogP contribution in [0, 0.1) is 5.41 Å². The predicted octanol–water partition coefficient (Wildman–Crippen LogP) is 16.1. The van der Waals surface area contributed by atoms with Crippen LogP contribution in [-0.4, -0.2) is 39.7 Å². The molecule has 0 spiro atoms. The van der Waals surface area contributed by atoms with Gasteiger partial charge in [0.1, 0.15) is 5.60 Å². The molecule has 0 heterocycles. The quantitative estimate of drug-likeness (QED) is 0.0498. The van der Waals surface area contributed by atoms with Gasteiger partial charge in [0, 0.05) is 0 Å². The SMILES string of the molecule is CCCCCCCCCCCCCCCCCCC(O)C(CO)(CO)C(O)(CCCCCCCCCCCCCCCCCC)c1ccc(C(C)(C)C)cc1C(C)(C)C. The first-order valence-corrected chi connectivity index (χ1v) is 26.0. The van der Waals surface area contributed by atoms with Crippen LogP contribution >= 0.6 is 0 Å². The average Bonchev–Trinajstić information content (AvgIpc) is 3.20. The summed E-state index contributed by atoms with van der Waals surface area (Å²) in [5.41, 5.74) is -0.417. The molecule has 59 heavy (non-hydrogen) atoms. The number of aliphatic hydroxyl groups is 4. The monoisotopic (exact) mass is 829 g/mol. The van der Waals surface area contributed by atoms with E-state index < -0.39 is 30.3 Å². The molecular formula is C55H104O4. The summed E-state index contributed by atoms with van der Waals surface area (Å²) in [6.07, 6.45) is 40.9. The van der Waals surface area contributed by atoms with E-state index in [0.29, 0.717) is 12.8 Å². The zero-order valence-corrected chi connectivity index (χ0v) is 41.1. The van der Waals surface area contributed by atoms with Crippen molar-refractivity contribution in [1.29, 1.82) is 0 Å². The molecule has 4 nitrogen and oxygen atoms in total. The third kappa shape index (κ3) is 22.3. The van der Waals surface area contributed by atoms with Crippen molar-refractivity contribution < 1.29 is 20.4 Å². The van der Waals surface area contributed by atoms with Gasteiger partial charge in [-0.25, -0.2) is 0 Å². The summed E-state index contributed by atoms with van der Waals surface area (Å²) in [4.78, 5) is 0. The maximum atomic E-state index is 13.2. The summed E-state index contributed by atoms with van der Waals surface area (Å²) >= 11 is 0. The van der Waals surface area contributed by atoms with Gasteiger partial charge in [0.05, 0.1) is 24.7 Å². The van der Waals surface area contributed by atoms with Gasteiger partial charge in [0.15, 0.2) is 0 Å². The van der Waals surface area contributed by atoms with Crippen molar-refractivity contribution in [2.24, 2.45) is 5.41 Å². The van der Waals surface area contributed by atoms with Crippen molar-refractivity contribution in [2.75, 3.05) is 13.2 Å². The molecular weight excluding hydrogens is 725 g/mol. The molecule has 0 aliphatic rings. The van der Waals surface area contributed by atoms with Gasteiger partial charge in [-0.1, -0.05) is 279 Å². The Morgan fingerprint density at radius 1 is 0.424 bits per heavy atom. The minimum Gasteiger partial charge on any atom is -0.395 e. The van der Waals surface area contributed by atoms with E-state index in [1.807, 2.05) is 0 Å². The van der Waals surface area contributed by atoms with Gasteiger partial charge in [-0.05, 0) is 40.4 Å². The summed E-state index contributed by atoms with van der Waals surface area (Å²) in [6.45, 7) is 16.8. The van der Waals surface area contributed by atoms with Gasteiger partial charge in [-0.15, -0.1) is 0 Å². The van der Waals surface area contributed by atoms with Crippen molar-refractivity contribution in [1.82, 2.24) is 0 Å². The molecule has 0 bridgehead atoms. The lowest BCUT2D eigenvalue weighted by Gasteiger charge is -2.50. The fraction of sp³-hybridized carbons (Fsp3) is 0.891. The Labute approximate surface area is 368 Å². The van der Waals surface area contributed by atoms with Crippen molar-refractivity contribution in [3.8, 4) is 0 Å². The number of aliphatic hydroxyl groups excluding tert-OH is 3. The van der Waals surface area contributed by atoms with Crippen LogP contribution < -0.4 is 0 Å². The van der Waals surface area contributed by atoms with Crippen LogP contribution in [0.2, 0.25) is 0 Å². The van der Waals surface area contributed by atoms with Crippen LogP contribution in [0.25, 0.3) is 0 Å². The highest BCUT2D eigenvalue weighted by molar-refractivity contribution is 5.44. The summed E-state index contributed by atoms with van der Waals surface area (Å²) < 4.78 is 0. The van der Waals surface area contributed by atoms with E-state index in [4.69, 9.17) is 0 Å². The molecule has 0 aromatic heterocycles. The first-order chi connectivity index (χ1) is 28.2. The third-order valence-corrected chi connectivity index (χ3v) is 13.9. The Morgan fingerprint density at radius 3 is 1.05 bits per heavy atom. The molecule has 0 saturated heterocycles. The lowest BCUT2D eigenvalue weighted by atomic mass is 9.60. The number of rotatable bonds is 39. The molecule has 4 N–H and O–H groups in total. The molecule has 0 aliphatic carbocycles. The Morgan fingerprint density at radius 2 is 0.746 bits per heavy atom. The lowest BCUT2D eigenvalue weighted by molar-refractivity contribution is -0.197. The number of benzene rings is 1. The fourth-order valence-corrected chi connectivity index (χ4v) is 9.53. The topological polar surface area (TPSA) is 80.9 Å². The summed E-state index contributed by atoms with van der Waals surface area (Å²) in [6, 6.07) is 6.40. The summed E-state index contributed by atoms with van der Waals surface area (Å²) in [5, 5.41) is 47.6. The summed E-state index contributed by atoms with van der Waals surface area (Å²) in [7, 11) is 0. The van der Waals surface area contributed by atoms with Crippen LogP contribution in [0.3, 0.4) is 0 Å². The predicted molar refractivity (Wildman–Crippen MR) is 259 cm³/mol. The van der Waals surface area contributed by atoms with Crippen LogP contribution in [0.1, 0.15) is 290 Å². The molecule has 0 amide bonds. The Bertz CT molecular complexity index is 1110. The first-order valence-electron chi connectivity index (χ1n) is 26.0. The van der Waals surface area contributed by atoms with Crippen molar-refractivity contribution in [3.05, 3.63) is 34.9 Å². The van der Waals surface area contributed by atoms with E-state index in [9.17, 15) is 20.4 Å². The highest BCUT2D eigenvalue weighted by atomic mass is 16.3. The Kier molecular flexibility index (Phi) is 31.1. The lowest BCUT2D eigenvalue weighted by Crippen LogP contribution is -2.58. The second kappa shape index (κ2) is 32.7. The smallest absolute Gasteiger partial charge is 0.102 e. The van der Waals surface area contributed by atoms with Crippen LogP contribution in [0.15, 0.2) is 18.2 Å². The molecule has 348 valence electrons. The van der Waals surface area contributed by atoms with Crippen molar-refractivity contribution >= 4 is 0 Å². The zero-order valence-electron chi connectivity index (χ0n) is 41.1. The number of unbranched alkanes of at least 4 members (excludes halogenated alkanes) is 30. The Hall–Kier alpha value is -0.940. The number of hydrogen-bond acceptors (Lipinski definition) is 4. The molecule has 4 heteroatoms. The van der Waals surface area contributed by atoms with Gasteiger partial charge in [0.2, 0.25) is 0 Å². The minimum atomic E-state index is -1.58. The van der Waals surface area contributed by atoms with E-state index in [0.717, 1.165) is 49.7 Å². The van der Waals surface area contributed by atoms with E-state index in [1.165, 1.54) is 173 Å². The van der Waals surface area contributed by atoms with Gasteiger partial charge in [0.25, 0.3) is 0 Å². The third-order valence-electron chi connectivity index (χ3n) is 13.9. The minimum absolute atomic E-state index is 0.0671. The van der Waals surface area contributed by atoms with E-state index in [-0.39, 0.29) is 10.8 Å². The summed E-state index contributed by atoms with van der Waals surface area (Å²) in [5.74, 6) is 0. The first kappa shape index (κ1) is 56.1. The van der Waals surface area contributed by atoms with Crippen LogP contribution in [-0.2, 0) is 16.4 Å². The van der Waals surface area contributed by atoms with Gasteiger partial charge >= 0.3 is 0 Å². The maximum absolute atomic E-state index is 13.2. The molecule has 0 saturated carbocycles. The molecule has 1 aromatic carbocycles. The number of hydrogen-bond donors (Lipinski definition) is 4. The molecule has 0 fully saturated rings. The van der Waals surface area contributed by atoms with Gasteiger partial charge < -0.3 is 20.4 Å². The molecule has 2 atom stereocenters. The van der Waals surface area contributed by atoms with E-state index in [2.05, 4.69) is 73.6 Å². The maximum Gasteiger partial charge on any atom is 0.102 e. The average molecular weight is 829 g/mol. The second-order valence-electron chi connectivity index (χ2n) is 21.3. The normalized spacial score (nSPS) is 14.2. The molecule has 1 rings (SSSR count). The zero-order chi connectivity index (χ0) is 43.9. The fourth-order valence-electron chi connectivity index (χ4n) is 9.53. The van der Waals surface area contributed by atoms with Crippen LogP contribution in [0.4, 0.5) is 0 Å². The van der Waals surface area contributed by atoms with Gasteiger partial charge in [-0.2, -0.15) is 0 Å². The second-order valence-corrected chi connectivity index (χ2v) is 21.3. The van der Waals surface area contributed by atoms with Gasteiger partial charge in [-0.3, -0.25) is 0 Å². The van der Waals surface area contributed by atoms with Crippen molar-refractivity contribution in [3.63, 3.8) is 0 Å². The highest BCUT2D eigenvalue weighted by Gasteiger charge is 2.56. The largest absolute Gasteiger partial charge is 0.395 e. The van der Waals surface area contributed by atoms with Crippen molar-refractivity contribution in [2.45, 2.75) is 296 Å². The molecule has 0 aliphatic heterocycles. The molecule has 2 unspecified atom stereocenters. The Balaban J connectivity index is 2.81.